The quantitative estimate of drug-likeness (QED) is 0.856. The second-order valence-corrected chi connectivity index (χ2v) is 5.75. The minimum Gasteiger partial charge on any atom is -0.318 e. The predicted molar refractivity (Wildman–Crippen MR) is 90.7 cm³/mol. The van der Waals surface area contributed by atoms with Crippen LogP contribution in [0.15, 0.2) is 54.6 Å². The summed E-state index contributed by atoms with van der Waals surface area (Å²) >= 11 is 6.35. The number of likely N-dealkylation sites (N-methyl/N-ethyl adjacent to an activating group) is 2. The Morgan fingerprint density at radius 2 is 1.67 bits per heavy atom. The highest BCUT2D eigenvalue weighted by Gasteiger charge is 2.23. The van der Waals surface area contributed by atoms with Gasteiger partial charge in [-0.3, -0.25) is 4.90 Å². The highest BCUT2D eigenvalue weighted by Crippen LogP contribution is 2.31. The van der Waals surface area contributed by atoms with Crippen molar-refractivity contribution in [2.45, 2.75) is 19.0 Å². The summed E-state index contributed by atoms with van der Waals surface area (Å²) in [6, 6.07) is 19.2. The Hall–Kier alpha value is -1.35. The Morgan fingerprint density at radius 1 is 1.05 bits per heavy atom. The summed E-state index contributed by atoms with van der Waals surface area (Å²) in [5, 5.41) is 4.12. The van der Waals surface area contributed by atoms with E-state index in [1.54, 1.807) is 0 Å². The maximum Gasteiger partial charge on any atom is 0.0475 e. The number of nitrogens with one attached hydrogen (secondary N) is 1. The van der Waals surface area contributed by atoms with Crippen molar-refractivity contribution >= 4 is 11.6 Å². The molecule has 2 unspecified atom stereocenters. The van der Waals surface area contributed by atoms with E-state index in [1.165, 1.54) is 11.1 Å². The van der Waals surface area contributed by atoms with Gasteiger partial charge in [-0.1, -0.05) is 60.1 Å². The zero-order valence-electron chi connectivity index (χ0n) is 12.9. The van der Waals surface area contributed by atoms with E-state index < -0.39 is 0 Å². The van der Waals surface area contributed by atoms with Crippen molar-refractivity contribution in [1.82, 2.24) is 10.2 Å². The van der Waals surface area contributed by atoms with Gasteiger partial charge in [0.15, 0.2) is 0 Å². The molecular weight excluding hydrogens is 280 g/mol. The second kappa shape index (κ2) is 7.60. The third-order valence-corrected chi connectivity index (χ3v) is 4.38. The van der Waals surface area contributed by atoms with Crippen LogP contribution >= 0.6 is 11.6 Å². The van der Waals surface area contributed by atoms with Crippen molar-refractivity contribution in [3.05, 3.63) is 70.7 Å². The molecule has 0 aliphatic heterocycles. The van der Waals surface area contributed by atoms with Gasteiger partial charge in [0.2, 0.25) is 0 Å². The zero-order valence-corrected chi connectivity index (χ0v) is 13.6. The van der Waals surface area contributed by atoms with Crippen molar-refractivity contribution in [3.63, 3.8) is 0 Å². The fraction of sp³-hybridized carbons (Fsp3) is 0.333. The fourth-order valence-corrected chi connectivity index (χ4v) is 2.96. The predicted octanol–water partition coefficient (Wildman–Crippen LogP) is 4.29. The molecule has 2 atom stereocenters. The third kappa shape index (κ3) is 3.85. The first-order valence-electron chi connectivity index (χ1n) is 7.31. The Kier molecular flexibility index (Phi) is 5.80. The summed E-state index contributed by atoms with van der Waals surface area (Å²) in [6.45, 7) is 3.10. The lowest BCUT2D eigenvalue weighted by atomic mass is 10.0. The molecule has 0 saturated carbocycles. The van der Waals surface area contributed by atoms with Crippen LogP contribution in [0.2, 0.25) is 5.02 Å². The van der Waals surface area contributed by atoms with Gasteiger partial charge in [-0.05, 0) is 38.2 Å². The van der Waals surface area contributed by atoms with Gasteiger partial charge >= 0.3 is 0 Å². The molecule has 2 nitrogen and oxygen atoms in total. The molecular formula is C18H23ClN2. The molecule has 0 bridgehead atoms. The number of hydrogen-bond acceptors (Lipinski definition) is 2. The van der Waals surface area contributed by atoms with E-state index in [9.17, 15) is 0 Å². The lowest BCUT2D eigenvalue weighted by Crippen LogP contribution is -2.34. The van der Waals surface area contributed by atoms with E-state index in [1.807, 2.05) is 25.2 Å². The molecule has 21 heavy (non-hydrogen) atoms. The summed E-state index contributed by atoms with van der Waals surface area (Å²) in [4.78, 5) is 2.37. The van der Waals surface area contributed by atoms with Crippen molar-refractivity contribution in [2.75, 3.05) is 20.6 Å². The molecule has 2 aromatic rings. The van der Waals surface area contributed by atoms with Gasteiger partial charge in [0, 0.05) is 23.7 Å². The molecule has 3 heteroatoms. The average Bonchev–Trinajstić information content (AvgIpc) is 2.52. The van der Waals surface area contributed by atoms with E-state index in [4.69, 9.17) is 11.6 Å². The molecule has 2 rings (SSSR count). The molecule has 0 saturated heterocycles. The molecule has 2 aromatic carbocycles. The molecule has 0 amide bonds. The van der Waals surface area contributed by atoms with Crippen molar-refractivity contribution in [1.29, 1.82) is 0 Å². The lowest BCUT2D eigenvalue weighted by molar-refractivity contribution is 0.184. The summed E-state index contributed by atoms with van der Waals surface area (Å²) < 4.78 is 0. The van der Waals surface area contributed by atoms with Crippen LogP contribution in [-0.2, 0) is 0 Å². The standard InChI is InChI=1S/C18H23ClN2/c1-14(16-11-7-8-12-17(16)19)21(3)18(13-20-2)15-9-5-4-6-10-15/h4-12,14,18,20H,13H2,1-3H3. The molecule has 112 valence electrons. The van der Waals surface area contributed by atoms with Crippen LogP contribution in [0.25, 0.3) is 0 Å². The van der Waals surface area contributed by atoms with Crippen LogP contribution in [-0.4, -0.2) is 25.5 Å². The minimum absolute atomic E-state index is 0.247. The van der Waals surface area contributed by atoms with Gasteiger partial charge in [-0.25, -0.2) is 0 Å². The molecule has 0 heterocycles. The molecule has 0 aromatic heterocycles. The first kappa shape index (κ1) is 16.0. The first-order chi connectivity index (χ1) is 10.1. The van der Waals surface area contributed by atoms with E-state index >= 15 is 0 Å². The SMILES string of the molecule is CNCC(c1ccccc1)N(C)C(C)c1ccccc1Cl. The molecule has 0 aliphatic carbocycles. The summed E-state index contributed by atoms with van der Waals surface area (Å²) in [7, 11) is 4.15. The van der Waals surface area contributed by atoms with Crippen LogP contribution in [0.3, 0.4) is 0 Å². The van der Waals surface area contributed by atoms with Crippen molar-refractivity contribution in [2.24, 2.45) is 0 Å². The number of nitrogens with zero attached hydrogens (tertiary/aromatic N) is 1. The minimum atomic E-state index is 0.247. The van der Waals surface area contributed by atoms with Crippen LogP contribution in [0.4, 0.5) is 0 Å². The molecule has 0 aliphatic rings. The van der Waals surface area contributed by atoms with Crippen LogP contribution in [0.5, 0.6) is 0 Å². The topological polar surface area (TPSA) is 15.3 Å². The average molecular weight is 303 g/mol. The lowest BCUT2D eigenvalue weighted by Gasteiger charge is -2.34. The van der Waals surface area contributed by atoms with E-state index in [2.05, 4.69) is 60.6 Å². The van der Waals surface area contributed by atoms with Gasteiger partial charge in [0.05, 0.1) is 0 Å². The van der Waals surface area contributed by atoms with E-state index in [0.717, 1.165) is 11.6 Å². The van der Waals surface area contributed by atoms with Gasteiger partial charge in [0.25, 0.3) is 0 Å². The van der Waals surface area contributed by atoms with Gasteiger partial charge in [0.1, 0.15) is 0 Å². The maximum absolute atomic E-state index is 6.35. The zero-order chi connectivity index (χ0) is 15.2. The first-order valence-corrected chi connectivity index (χ1v) is 7.69. The number of hydrogen-bond donors (Lipinski definition) is 1. The van der Waals surface area contributed by atoms with Crippen LogP contribution in [0, 0.1) is 0 Å². The third-order valence-electron chi connectivity index (χ3n) is 4.04. The Bertz CT molecular complexity index is 556. The molecule has 0 spiro atoms. The van der Waals surface area contributed by atoms with Crippen LogP contribution < -0.4 is 5.32 Å². The number of benzene rings is 2. The molecule has 1 N–H and O–H groups in total. The fourth-order valence-electron chi connectivity index (χ4n) is 2.67. The largest absolute Gasteiger partial charge is 0.318 e. The summed E-state index contributed by atoms with van der Waals surface area (Å²) in [5.41, 5.74) is 2.48. The van der Waals surface area contributed by atoms with Crippen molar-refractivity contribution in [3.8, 4) is 0 Å². The van der Waals surface area contributed by atoms with Gasteiger partial charge in [-0.2, -0.15) is 0 Å². The number of rotatable bonds is 6. The van der Waals surface area contributed by atoms with E-state index in [0.29, 0.717) is 6.04 Å². The number of halogens is 1. The molecule has 0 radical (unpaired) electrons. The highest BCUT2D eigenvalue weighted by atomic mass is 35.5. The second-order valence-electron chi connectivity index (χ2n) is 5.35. The van der Waals surface area contributed by atoms with Crippen LogP contribution in [0.1, 0.15) is 30.1 Å². The van der Waals surface area contributed by atoms with Gasteiger partial charge < -0.3 is 5.32 Å². The smallest absolute Gasteiger partial charge is 0.0475 e. The Balaban J connectivity index is 2.26. The Labute approximate surface area is 132 Å². The van der Waals surface area contributed by atoms with Crippen molar-refractivity contribution < 1.29 is 0 Å². The highest BCUT2D eigenvalue weighted by molar-refractivity contribution is 6.31. The van der Waals surface area contributed by atoms with Gasteiger partial charge in [-0.15, -0.1) is 0 Å². The monoisotopic (exact) mass is 302 g/mol. The van der Waals surface area contributed by atoms with E-state index in [-0.39, 0.29) is 6.04 Å². The normalized spacial score (nSPS) is 14.1. The Morgan fingerprint density at radius 3 is 2.29 bits per heavy atom. The summed E-state index contributed by atoms with van der Waals surface area (Å²) in [6.07, 6.45) is 0. The maximum atomic E-state index is 6.35. The molecule has 0 fully saturated rings. The summed E-state index contributed by atoms with van der Waals surface area (Å²) in [5.74, 6) is 0.